The molecule has 0 unspecified atom stereocenters. The molecule has 0 aliphatic carbocycles. The van der Waals surface area contributed by atoms with Gasteiger partial charge in [-0.2, -0.15) is 0 Å². The maximum Gasteiger partial charge on any atom is 0.251 e. The molecule has 2 aromatic carbocycles. The first-order chi connectivity index (χ1) is 11.4. The molecule has 2 N–H and O–H groups in total. The fourth-order valence-corrected chi connectivity index (χ4v) is 2.01. The summed E-state index contributed by atoms with van der Waals surface area (Å²) in [6.07, 6.45) is 0. The van der Waals surface area contributed by atoms with E-state index >= 15 is 0 Å². The van der Waals surface area contributed by atoms with Gasteiger partial charge in [-0.3, -0.25) is 4.79 Å². The van der Waals surface area contributed by atoms with Crippen molar-refractivity contribution >= 4 is 5.91 Å². The van der Waals surface area contributed by atoms with E-state index in [0.29, 0.717) is 17.9 Å². The number of hydrogen-bond donors (Lipinski definition) is 2. The number of carbonyl (C=O) groups excluding carboxylic acids is 1. The number of hydrogen-bond acceptors (Lipinski definition) is 4. The van der Waals surface area contributed by atoms with Gasteiger partial charge < -0.3 is 19.9 Å². The second-order valence-corrected chi connectivity index (χ2v) is 6.16. The molecule has 0 saturated heterocycles. The van der Waals surface area contributed by atoms with Crippen LogP contribution >= 0.6 is 0 Å². The molecule has 5 heteroatoms. The number of benzene rings is 2. The third kappa shape index (κ3) is 4.99. The minimum Gasteiger partial charge on any atom is -0.497 e. The van der Waals surface area contributed by atoms with Crippen LogP contribution in [0.1, 0.15) is 29.8 Å². The van der Waals surface area contributed by atoms with Crippen molar-refractivity contribution in [2.75, 3.05) is 13.7 Å². The first kappa shape index (κ1) is 17.8. The molecule has 0 fully saturated rings. The molecule has 0 aliphatic heterocycles. The van der Waals surface area contributed by atoms with Crippen LogP contribution < -0.4 is 14.8 Å². The van der Waals surface area contributed by atoms with Crippen LogP contribution in [-0.2, 0) is 6.61 Å². The van der Waals surface area contributed by atoms with Gasteiger partial charge in [-0.25, -0.2) is 0 Å². The highest BCUT2D eigenvalue weighted by molar-refractivity contribution is 5.94. The summed E-state index contributed by atoms with van der Waals surface area (Å²) < 4.78 is 10.8. The highest BCUT2D eigenvalue weighted by atomic mass is 16.5. The lowest BCUT2D eigenvalue weighted by Crippen LogP contribution is -2.46. The van der Waals surface area contributed by atoms with Gasteiger partial charge in [0.1, 0.15) is 18.1 Å². The molecule has 0 heterocycles. The maximum absolute atomic E-state index is 12.1. The molecule has 0 aromatic heterocycles. The number of rotatable bonds is 7. The predicted molar refractivity (Wildman–Crippen MR) is 92.4 cm³/mol. The Hall–Kier alpha value is -2.53. The van der Waals surface area contributed by atoms with E-state index in [0.717, 1.165) is 11.3 Å². The van der Waals surface area contributed by atoms with Crippen molar-refractivity contribution in [1.29, 1.82) is 0 Å². The number of carbonyl (C=O) groups is 1. The Morgan fingerprint density at radius 1 is 1.04 bits per heavy atom. The van der Waals surface area contributed by atoms with Crippen molar-refractivity contribution in [2.45, 2.75) is 26.0 Å². The van der Waals surface area contributed by atoms with E-state index in [1.165, 1.54) is 0 Å². The second-order valence-electron chi connectivity index (χ2n) is 6.16. The summed E-state index contributed by atoms with van der Waals surface area (Å²) in [7, 11) is 1.63. The molecule has 2 aromatic rings. The molecule has 1 amide bonds. The van der Waals surface area contributed by atoms with E-state index in [9.17, 15) is 9.90 Å². The van der Waals surface area contributed by atoms with Crippen LogP contribution in [0.25, 0.3) is 0 Å². The van der Waals surface area contributed by atoms with Gasteiger partial charge in [0.05, 0.1) is 19.3 Å². The maximum atomic E-state index is 12.1. The molecule has 0 atom stereocenters. The van der Waals surface area contributed by atoms with Crippen LogP contribution in [0.2, 0.25) is 0 Å². The summed E-state index contributed by atoms with van der Waals surface area (Å²) in [4.78, 5) is 12.1. The van der Waals surface area contributed by atoms with Crippen molar-refractivity contribution in [1.82, 2.24) is 5.32 Å². The molecular weight excluding hydrogens is 306 g/mol. The Kier molecular flexibility index (Phi) is 5.82. The lowest BCUT2D eigenvalue weighted by molar-refractivity contribution is 0.0869. The van der Waals surface area contributed by atoms with Gasteiger partial charge in [-0.1, -0.05) is 12.1 Å². The Labute approximate surface area is 142 Å². The quantitative estimate of drug-likeness (QED) is 0.820. The minimum absolute atomic E-state index is 0.123. The molecule has 2 rings (SSSR count). The van der Waals surface area contributed by atoms with Gasteiger partial charge >= 0.3 is 0 Å². The normalized spacial score (nSPS) is 11.0. The molecule has 128 valence electrons. The van der Waals surface area contributed by atoms with Crippen molar-refractivity contribution < 1.29 is 19.4 Å². The summed E-state index contributed by atoms with van der Waals surface area (Å²) in [5, 5.41) is 12.0. The molecule has 5 nitrogen and oxygen atoms in total. The zero-order chi connectivity index (χ0) is 17.6. The largest absolute Gasteiger partial charge is 0.497 e. The summed E-state index contributed by atoms with van der Waals surface area (Å²) in [6.45, 7) is 3.84. The summed E-state index contributed by atoms with van der Waals surface area (Å²) >= 11 is 0. The highest BCUT2D eigenvalue weighted by Crippen LogP contribution is 2.16. The Balaban J connectivity index is 1.92. The van der Waals surface area contributed by atoms with Gasteiger partial charge in [0.25, 0.3) is 5.91 Å². The van der Waals surface area contributed by atoms with Crippen molar-refractivity contribution in [3.05, 3.63) is 59.7 Å². The summed E-state index contributed by atoms with van der Waals surface area (Å²) in [6, 6.07) is 14.6. The first-order valence-electron chi connectivity index (χ1n) is 7.73. The Morgan fingerprint density at radius 3 is 2.17 bits per heavy atom. The average molecular weight is 329 g/mol. The molecule has 0 spiro atoms. The number of aliphatic hydroxyl groups excluding tert-OH is 1. The fourth-order valence-electron chi connectivity index (χ4n) is 2.01. The molecule has 0 radical (unpaired) electrons. The predicted octanol–water partition coefficient (Wildman–Crippen LogP) is 2.77. The van der Waals surface area contributed by atoms with Crippen LogP contribution in [0.5, 0.6) is 11.5 Å². The molecule has 0 saturated carbocycles. The zero-order valence-electron chi connectivity index (χ0n) is 14.2. The standard InChI is InChI=1S/C19H23NO4/c1-19(2,13-21)20-18(22)15-6-10-17(11-7-15)24-12-14-4-8-16(23-3)9-5-14/h4-11,21H,12-13H2,1-3H3,(H,20,22). The van der Waals surface area contributed by atoms with E-state index < -0.39 is 5.54 Å². The van der Waals surface area contributed by atoms with Crippen LogP contribution in [-0.4, -0.2) is 30.3 Å². The summed E-state index contributed by atoms with van der Waals surface area (Å²) in [5.41, 5.74) is 0.899. The van der Waals surface area contributed by atoms with Gasteiger partial charge in [0.15, 0.2) is 0 Å². The lowest BCUT2D eigenvalue weighted by atomic mass is 10.1. The summed E-state index contributed by atoms with van der Waals surface area (Å²) in [5.74, 6) is 1.26. The van der Waals surface area contributed by atoms with Crippen LogP contribution in [0, 0.1) is 0 Å². The molecule has 24 heavy (non-hydrogen) atoms. The van der Waals surface area contributed by atoms with Crippen molar-refractivity contribution in [3.8, 4) is 11.5 Å². The van der Waals surface area contributed by atoms with Gasteiger partial charge in [0.2, 0.25) is 0 Å². The number of amides is 1. The van der Waals surface area contributed by atoms with Gasteiger partial charge in [-0.15, -0.1) is 0 Å². The van der Waals surface area contributed by atoms with Crippen molar-refractivity contribution in [2.24, 2.45) is 0 Å². The Morgan fingerprint density at radius 2 is 1.62 bits per heavy atom. The molecular formula is C19H23NO4. The van der Waals surface area contributed by atoms with Gasteiger partial charge in [0, 0.05) is 5.56 Å². The average Bonchev–Trinajstić information content (AvgIpc) is 2.60. The van der Waals surface area contributed by atoms with Gasteiger partial charge in [-0.05, 0) is 55.8 Å². The van der Waals surface area contributed by atoms with Crippen LogP contribution in [0.3, 0.4) is 0 Å². The third-order valence-corrected chi connectivity index (χ3v) is 3.53. The highest BCUT2D eigenvalue weighted by Gasteiger charge is 2.19. The zero-order valence-corrected chi connectivity index (χ0v) is 14.2. The fraction of sp³-hybridized carbons (Fsp3) is 0.316. The Bertz CT molecular complexity index is 663. The first-order valence-corrected chi connectivity index (χ1v) is 7.73. The lowest BCUT2D eigenvalue weighted by Gasteiger charge is -2.23. The van der Waals surface area contributed by atoms with E-state index in [4.69, 9.17) is 9.47 Å². The van der Waals surface area contributed by atoms with Crippen LogP contribution in [0.15, 0.2) is 48.5 Å². The van der Waals surface area contributed by atoms with E-state index in [1.54, 1.807) is 45.2 Å². The third-order valence-electron chi connectivity index (χ3n) is 3.53. The molecule has 0 aliphatic rings. The van der Waals surface area contributed by atoms with E-state index in [1.807, 2.05) is 24.3 Å². The number of nitrogens with one attached hydrogen (secondary N) is 1. The smallest absolute Gasteiger partial charge is 0.251 e. The monoisotopic (exact) mass is 329 g/mol. The number of methoxy groups -OCH3 is 1. The topological polar surface area (TPSA) is 67.8 Å². The van der Waals surface area contributed by atoms with Crippen LogP contribution in [0.4, 0.5) is 0 Å². The van der Waals surface area contributed by atoms with Crippen molar-refractivity contribution in [3.63, 3.8) is 0 Å². The molecule has 0 bridgehead atoms. The number of ether oxygens (including phenoxy) is 2. The second kappa shape index (κ2) is 7.84. The van der Waals surface area contributed by atoms with E-state index in [-0.39, 0.29) is 12.5 Å². The SMILES string of the molecule is COc1ccc(COc2ccc(C(=O)NC(C)(C)CO)cc2)cc1. The number of aliphatic hydroxyl groups is 1. The van der Waals surface area contributed by atoms with E-state index in [2.05, 4.69) is 5.32 Å². The minimum atomic E-state index is -0.652.